The molecule has 1 aliphatic heterocycles. The molecule has 0 aliphatic carbocycles. The Kier molecular flexibility index (Phi) is 4.23. The van der Waals surface area contributed by atoms with Crippen LogP contribution in [-0.2, 0) is 4.74 Å². The number of aryl methyl sites for hydroxylation is 1. The van der Waals surface area contributed by atoms with Crippen molar-refractivity contribution in [3.63, 3.8) is 0 Å². The standard InChI is InChI=1S/C18H22N4O2S/c1-11-4-6-14(7-5-11)15(21-8-12(2)24-13(3)9-21)16-17(23)22-18(25-16)19-10-20-22/h4-7,10,12-13,15,23H,8-9H2,1-3H3/p+1/t12-,13+,15-/m0/s1. The minimum absolute atomic E-state index is 0.0444. The second-order valence-electron chi connectivity index (χ2n) is 6.91. The summed E-state index contributed by atoms with van der Waals surface area (Å²) in [6.07, 6.45) is 1.86. The molecule has 0 radical (unpaired) electrons. The molecule has 1 fully saturated rings. The zero-order chi connectivity index (χ0) is 17.6. The maximum absolute atomic E-state index is 10.8. The first-order valence-electron chi connectivity index (χ1n) is 8.61. The predicted octanol–water partition coefficient (Wildman–Crippen LogP) is 1.59. The van der Waals surface area contributed by atoms with E-state index in [0.717, 1.165) is 22.9 Å². The summed E-state index contributed by atoms with van der Waals surface area (Å²) in [5, 5.41) is 14.9. The van der Waals surface area contributed by atoms with Crippen LogP contribution in [0.15, 0.2) is 30.6 Å². The van der Waals surface area contributed by atoms with E-state index in [1.54, 1.807) is 0 Å². The number of benzene rings is 1. The minimum Gasteiger partial charge on any atom is -0.492 e. The number of rotatable bonds is 3. The lowest BCUT2D eigenvalue weighted by Crippen LogP contribution is -3.15. The van der Waals surface area contributed by atoms with Gasteiger partial charge < -0.3 is 14.7 Å². The molecule has 2 N–H and O–H groups in total. The zero-order valence-electron chi connectivity index (χ0n) is 14.6. The number of fused-ring (bicyclic) bond motifs is 1. The van der Waals surface area contributed by atoms with E-state index in [1.165, 1.54) is 38.2 Å². The van der Waals surface area contributed by atoms with Gasteiger partial charge in [0.1, 0.15) is 36.5 Å². The molecule has 1 aromatic carbocycles. The first-order valence-corrected chi connectivity index (χ1v) is 9.42. The number of nitrogens with one attached hydrogen (secondary N) is 1. The topological polar surface area (TPSA) is 64.1 Å². The first-order chi connectivity index (χ1) is 12.0. The molecule has 1 saturated heterocycles. The molecule has 7 heteroatoms. The largest absolute Gasteiger partial charge is 0.492 e. The molecule has 1 unspecified atom stereocenters. The quantitative estimate of drug-likeness (QED) is 0.745. The van der Waals surface area contributed by atoms with Gasteiger partial charge in [-0.05, 0) is 20.8 Å². The number of ether oxygens (including phenoxy) is 1. The van der Waals surface area contributed by atoms with E-state index in [1.807, 2.05) is 0 Å². The summed E-state index contributed by atoms with van der Waals surface area (Å²) >= 11 is 1.51. The van der Waals surface area contributed by atoms with E-state index < -0.39 is 0 Å². The Labute approximate surface area is 150 Å². The van der Waals surface area contributed by atoms with E-state index in [0.29, 0.717) is 0 Å². The normalized spacial score (nSPS) is 25.3. The van der Waals surface area contributed by atoms with Crippen LogP contribution in [0.25, 0.3) is 4.96 Å². The lowest BCUT2D eigenvalue weighted by molar-refractivity contribution is -0.939. The summed E-state index contributed by atoms with van der Waals surface area (Å²) in [7, 11) is 0. The van der Waals surface area contributed by atoms with Crippen LogP contribution < -0.4 is 4.90 Å². The fraction of sp³-hybridized carbons (Fsp3) is 0.444. The summed E-state index contributed by atoms with van der Waals surface area (Å²) in [5.41, 5.74) is 2.43. The number of aromatic hydroxyl groups is 1. The van der Waals surface area contributed by atoms with E-state index >= 15 is 0 Å². The molecule has 4 rings (SSSR count). The highest BCUT2D eigenvalue weighted by Crippen LogP contribution is 2.34. The molecule has 0 saturated carbocycles. The van der Waals surface area contributed by atoms with Gasteiger partial charge in [0.05, 0.1) is 0 Å². The number of thiazole rings is 1. The van der Waals surface area contributed by atoms with Gasteiger partial charge in [-0.3, -0.25) is 0 Å². The van der Waals surface area contributed by atoms with Gasteiger partial charge in [0.15, 0.2) is 6.04 Å². The van der Waals surface area contributed by atoms with Crippen LogP contribution >= 0.6 is 11.3 Å². The summed E-state index contributed by atoms with van der Waals surface area (Å²) in [4.78, 5) is 7.27. The Morgan fingerprint density at radius 1 is 1.24 bits per heavy atom. The van der Waals surface area contributed by atoms with Crippen molar-refractivity contribution in [2.45, 2.75) is 39.0 Å². The van der Waals surface area contributed by atoms with Crippen molar-refractivity contribution >= 4 is 16.3 Å². The molecule has 6 nitrogen and oxygen atoms in total. The molecule has 0 amide bonds. The third-order valence-electron chi connectivity index (χ3n) is 4.78. The van der Waals surface area contributed by atoms with Crippen molar-refractivity contribution in [1.82, 2.24) is 14.6 Å². The molecular formula is C18H23N4O2S+. The smallest absolute Gasteiger partial charge is 0.235 e. The molecule has 4 atom stereocenters. The van der Waals surface area contributed by atoms with Crippen LogP contribution in [0.4, 0.5) is 0 Å². The van der Waals surface area contributed by atoms with Crippen molar-refractivity contribution in [2.24, 2.45) is 0 Å². The van der Waals surface area contributed by atoms with Gasteiger partial charge in [-0.25, -0.2) is 4.98 Å². The van der Waals surface area contributed by atoms with Gasteiger partial charge in [-0.1, -0.05) is 41.2 Å². The minimum atomic E-state index is 0.0444. The average Bonchev–Trinajstić information content (AvgIpc) is 3.13. The Morgan fingerprint density at radius 3 is 2.56 bits per heavy atom. The molecular weight excluding hydrogens is 336 g/mol. The highest BCUT2D eigenvalue weighted by atomic mass is 32.1. The van der Waals surface area contributed by atoms with Gasteiger partial charge in [-0.2, -0.15) is 9.61 Å². The fourth-order valence-electron chi connectivity index (χ4n) is 3.76. The molecule has 0 spiro atoms. The Morgan fingerprint density at radius 2 is 1.92 bits per heavy atom. The molecule has 3 heterocycles. The van der Waals surface area contributed by atoms with Crippen LogP contribution in [0.3, 0.4) is 0 Å². The molecule has 3 aromatic rings. The lowest BCUT2D eigenvalue weighted by Gasteiger charge is -2.37. The van der Waals surface area contributed by atoms with E-state index in [4.69, 9.17) is 4.74 Å². The van der Waals surface area contributed by atoms with Crippen LogP contribution in [0, 0.1) is 6.92 Å². The average molecular weight is 359 g/mol. The Bertz CT molecular complexity index is 863. The Hall–Kier alpha value is -1.96. The molecule has 2 aromatic heterocycles. The third kappa shape index (κ3) is 3.03. The third-order valence-corrected chi connectivity index (χ3v) is 5.88. The fourth-order valence-corrected chi connectivity index (χ4v) is 4.88. The monoisotopic (exact) mass is 359 g/mol. The van der Waals surface area contributed by atoms with Gasteiger partial charge in [0, 0.05) is 5.56 Å². The zero-order valence-corrected chi connectivity index (χ0v) is 15.5. The molecule has 132 valence electrons. The first kappa shape index (κ1) is 16.5. The molecule has 0 bridgehead atoms. The number of morpholine rings is 1. The van der Waals surface area contributed by atoms with Crippen LogP contribution in [0.1, 0.15) is 35.9 Å². The number of hydrogen-bond acceptors (Lipinski definition) is 5. The highest BCUT2D eigenvalue weighted by molar-refractivity contribution is 7.17. The van der Waals surface area contributed by atoms with Crippen molar-refractivity contribution in [3.05, 3.63) is 46.6 Å². The van der Waals surface area contributed by atoms with Crippen molar-refractivity contribution in [3.8, 4) is 5.88 Å². The second kappa shape index (κ2) is 6.40. The summed E-state index contributed by atoms with van der Waals surface area (Å²) in [6, 6.07) is 8.62. The highest BCUT2D eigenvalue weighted by Gasteiger charge is 2.37. The Balaban J connectivity index is 1.81. The number of hydrogen-bond donors (Lipinski definition) is 2. The van der Waals surface area contributed by atoms with E-state index in [9.17, 15) is 5.11 Å². The van der Waals surface area contributed by atoms with Crippen LogP contribution in [0.5, 0.6) is 5.88 Å². The molecule has 25 heavy (non-hydrogen) atoms. The lowest BCUT2D eigenvalue weighted by atomic mass is 10.0. The maximum Gasteiger partial charge on any atom is 0.235 e. The van der Waals surface area contributed by atoms with Crippen molar-refractivity contribution < 1.29 is 14.7 Å². The second-order valence-corrected chi connectivity index (χ2v) is 7.92. The number of quaternary nitrogens is 1. The van der Waals surface area contributed by atoms with E-state index in [-0.39, 0.29) is 24.1 Å². The van der Waals surface area contributed by atoms with Gasteiger partial charge >= 0.3 is 0 Å². The predicted molar refractivity (Wildman–Crippen MR) is 96.3 cm³/mol. The van der Waals surface area contributed by atoms with Gasteiger partial charge in [-0.15, -0.1) is 0 Å². The van der Waals surface area contributed by atoms with Crippen LogP contribution in [0.2, 0.25) is 0 Å². The number of aromatic nitrogens is 3. The van der Waals surface area contributed by atoms with Crippen molar-refractivity contribution in [1.29, 1.82) is 0 Å². The SMILES string of the molecule is Cc1ccc([C@@H](c2sc3ncnn3c2O)[NH+]2C[C@@H](C)O[C@@H](C)C2)cc1. The summed E-state index contributed by atoms with van der Waals surface area (Å²) < 4.78 is 7.44. The maximum atomic E-state index is 10.8. The van der Waals surface area contributed by atoms with Crippen LogP contribution in [-0.4, -0.2) is 45.0 Å². The van der Waals surface area contributed by atoms with Crippen molar-refractivity contribution in [2.75, 3.05) is 13.1 Å². The van der Waals surface area contributed by atoms with E-state index in [2.05, 4.69) is 55.1 Å². The number of nitrogens with zero attached hydrogens (tertiary/aromatic N) is 3. The van der Waals surface area contributed by atoms with Gasteiger partial charge in [0.2, 0.25) is 10.8 Å². The molecule has 1 aliphatic rings. The summed E-state index contributed by atoms with van der Waals surface area (Å²) in [5.74, 6) is 0.197. The summed E-state index contributed by atoms with van der Waals surface area (Å²) in [6.45, 7) is 8.12. The van der Waals surface area contributed by atoms with Gasteiger partial charge in [0.25, 0.3) is 0 Å².